The lowest BCUT2D eigenvalue weighted by atomic mass is 9.92. The minimum atomic E-state index is -0.939. The molecule has 2 atom stereocenters. The van der Waals surface area contributed by atoms with E-state index in [1.54, 1.807) is 0 Å². The molecule has 18 heavy (non-hydrogen) atoms. The van der Waals surface area contributed by atoms with Crippen LogP contribution in [0, 0.1) is 5.92 Å². The molecule has 0 aromatic carbocycles. The zero-order chi connectivity index (χ0) is 12.5. The van der Waals surface area contributed by atoms with Gasteiger partial charge in [0.25, 0.3) is 0 Å². The Morgan fingerprint density at radius 1 is 1.33 bits per heavy atom. The van der Waals surface area contributed by atoms with Gasteiger partial charge in [0, 0.05) is 18.8 Å². The van der Waals surface area contributed by atoms with E-state index in [9.17, 15) is 9.90 Å². The molecule has 1 aliphatic heterocycles. The molecule has 96 valence electrons. The summed E-state index contributed by atoms with van der Waals surface area (Å²) >= 11 is 0. The summed E-state index contributed by atoms with van der Waals surface area (Å²) in [7, 11) is 0. The first-order valence-corrected chi connectivity index (χ1v) is 6.57. The number of hydrogen-bond acceptors (Lipinski definition) is 4. The highest BCUT2D eigenvalue weighted by atomic mass is 16.4. The largest absolute Gasteiger partial charge is 0.477 e. The monoisotopic (exact) mass is 247 g/mol. The normalized spacial score (nSPS) is 27.0. The van der Waals surface area contributed by atoms with Gasteiger partial charge in [0.15, 0.2) is 0 Å². The summed E-state index contributed by atoms with van der Waals surface area (Å²) in [4.78, 5) is 21.5. The average molecular weight is 247 g/mol. The first-order chi connectivity index (χ1) is 8.77. The molecule has 2 unspecified atom stereocenters. The Hall–Kier alpha value is -1.65. The first-order valence-electron chi connectivity index (χ1n) is 6.57. The number of aromatic nitrogens is 2. The van der Waals surface area contributed by atoms with Gasteiger partial charge < -0.3 is 10.0 Å². The van der Waals surface area contributed by atoms with E-state index in [2.05, 4.69) is 14.9 Å². The molecule has 0 amide bonds. The van der Waals surface area contributed by atoms with Crippen LogP contribution in [0.3, 0.4) is 0 Å². The van der Waals surface area contributed by atoms with Crippen molar-refractivity contribution in [2.24, 2.45) is 5.92 Å². The molecule has 0 spiro atoms. The molecule has 1 saturated heterocycles. The fourth-order valence-corrected chi connectivity index (χ4v) is 3.42. The number of hydrogen-bond donors (Lipinski definition) is 1. The van der Waals surface area contributed by atoms with Gasteiger partial charge in [-0.25, -0.2) is 14.8 Å². The Kier molecular flexibility index (Phi) is 2.89. The fraction of sp³-hybridized carbons (Fsp3) is 0.615. The number of fused-ring (bicyclic) bond motifs is 1. The van der Waals surface area contributed by atoms with E-state index in [0.29, 0.717) is 11.9 Å². The smallest absolute Gasteiger partial charge is 0.341 e. The van der Waals surface area contributed by atoms with Gasteiger partial charge >= 0.3 is 5.97 Å². The second-order valence-electron chi connectivity index (χ2n) is 5.16. The molecule has 2 fully saturated rings. The molecule has 5 heteroatoms. The van der Waals surface area contributed by atoms with Crippen molar-refractivity contribution in [3.8, 4) is 0 Å². The predicted molar refractivity (Wildman–Crippen MR) is 66.7 cm³/mol. The van der Waals surface area contributed by atoms with E-state index in [-0.39, 0.29) is 5.56 Å². The molecule has 3 rings (SSSR count). The number of rotatable bonds is 2. The summed E-state index contributed by atoms with van der Waals surface area (Å²) < 4.78 is 0. The maximum atomic E-state index is 11.2. The number of aromatic carboxylic acids is 1. The second kappa shape index (κ2) is 4.55. The van der Waals surface area contributed by atoms with Crippen LogP contribution in [-0.4, -0.2) is 33.6 Å². The van der Waals surface area contributed by atoms with Gasteiger partial charge in [0.05, 0.1) is 0 Å². The molecule has 1 aromatic heterocycles. The molecule has 1 aliphatic carbocycles. The van der Waals surface area contributed by atoms with Crippen LogP contribution >= 0.6 is 0 Å². The van der Waals surface area contributed by atoms with E-state index in [1.165, 1.54) is 31.8 Å². The van der Waals surface area contributed by atoms with Gasteiger partial charge in [-0.15, -0.1) is 0 Å². The summed E-state index contributed by atoms with van der Waals surface area (Å²) in [6, 6.07) is 0.478. The molecule has 1 saturated carbocycles. The zero-order valence-corrected chi connectivity index (χ0v) is 10.2. The Morgan fingerprint density at radius 3 is 3.00 bits per heavy atom. The molecule has 2 heterocycles. The number of carboxylic acid groups (broad SMARTS) is 1. The Balaban J connectivity index is 1.96. The fourth-order valence-electron chi connectivity index (χ4n) is 3.42. The van der Waals surface area contributed by atoms with Crippen molar-refractivity contribution < 1.29 is 9.90 Å². The Labute approximate surface area is 106 Å². The van der Waals surface area contributed by atoms with Crippen molar-refractivity contribution in [1.82, 2.24) is 9.97 Å². The maximum Gasteiger partial charge on any atom is 0.341 e. The topological polar surface area (TPSA) is 66.3 Å². The van der Waals surface area contributed by atoms with Gasteiger partial charge in [-0.2, -0.15) is 0 Å². The van der Waals surface area contributed by atoms with Crippen LogP contribution in [0.1, 0.15) is 42.5 Å². The highest BCUT2D eigenvalue weighted by Crippen LogP contribution is 2.39. The van der Waals surface area contributed by atoms with Crippen LogP contribution in [0.2, 0.25) is 0 Å². The quantitative estimate of drug-likeness (QED) is 0.865. The molecule has 1 N–H and O–H groups in total. The molecule has 1 aromatic rings. The summed E-state index contributed by atoms with van der Waals surface area (Å²) in [5.41, 5.74) is 0.227. The Bertz CT molecular complexity index is 463. The second-order valence-corrected chi connectivity index (χ2v) is 5.16. The minimum Gasteiger partial charge on any atom is -0.477 e. The van der Waals surface area contributed by atoms with E-state index in [4.69, 9.17) is 0 Å². The van der Waals surface area contributed by atoms with Gasteiger partial charge in [-0.3, -0.25) is 0 Å². The highest BCUT2D eigenvalue weighted by Gasteiger charge is 2.36. The predicted octanol–water partition coefficient (Wildman–Crippen LogP) is 1.94. The third-order valence-electron chi connectivity index (χ3n) is 4.19. The van der Waals surface area contributed by atoms with E-state index in [0.717, 1.165) is 25.3 Å². The van der Waals surface area contributed by atoms with Crippen LogP contribution in [0.25, 0.3) is 0 Å². The van der Waals surface area contributed by atoms with Crippen molar-refractivity contribution >= 4 is 11.8 Å². The van der Waals surface area contributed by atoms with Crippen LogP contribution in [-0.2, 0) is 0 Å². The van der Waals surface area contributed by atoms with Gasteiger partial charge in [0.1, 0.15) is 17.7 Å². The van der Waals surface area contributed by atoms with E-state index < -0.39 is 5.97 Å². The minimum absolute atomic E-state index is 0.227. The van der Waals surface area contributed by atoms with Crippen molar-refractivity contribution in [3.05, 3.63) is 18.1 Å². The number of anilines is 1. The zero-order valence-electron chi connectivity index (χ0n) is 10.2. The molecule has 5 nitrogen and oxygen atoms in total. The summed E-state index contributed by atoms with van der Waals surface area (Å²) in [6.45, 7) is 0.915. The lowest BCUT2D eigenvalue weighted by Gasteiger charge is -2.39. The van der Waals surface area contributed by atoms with Crippen LogP contribution in [0.5, 0.6) is 0 Å². The lowest BCUT2D eigenvalue weighted by Crippen LogP contribution is -2.43. The van der Waals surface area contributed by atoms with E-state index in [1.807, 2.05) is 0 Å². The summed E-state index contributed by atoms with van der Waals surface area (Å²) in [5, 5.41) is 9.23. The van der Waals surface area contributed by atoms with E-state index >= 15 is 0 Å². The first kappa shape index (κ1) is 11.4. The molecule has 2 aliphatic rings. The number of nitrogens with zero attached hydrogens (tertiary/aromatic N) is 3. The number of carboxylic acids is 1. The van der Waals surface area contributed by atoms with Gasteiger partial charge in [-0.1, -0.05) is 6.42 Å². The van der Waals surface area contributed by atoms with Crippen molar-refractivity contribution in [2.45, 2.75) is 38.1 Å². The third-order valence-corrected chi connectivity index (χ3v) is 4.19. The standard InChI is InChI=1S/C13H17N3O2/c17-13(18)10-7-14-8-15-12(10)16-6-2-4-9-3-1-5-11(9)16/h7-9,11H,1-6H2,(H,17,18). The van der Waals surface area contributed by atoms with Gasteiger partial charge in [0.2, 0.25) is 0 Å². The Morgan fingerprint density at radius 2 is 2.17 bits per heavy atom. The summed E-state index contributed by atoms with van der Waals surface area (Å²) in [6.07, 6.45) is 8.93. The van der Waals surface area contributed by atoms with Crippen LogP contribution < -0.4 is 4.90 Å². The number of piperidine rings is 1. The highest BCUT2D eigenvalue weighted by molar-refractivity contribution is 5.92. The molecule has 0 bridgehead atoms. The van der Waals surface area contributed by atoms with Crippen LogP contribution in [0.4, 0.5) is 5.82 Å². The van der Waals surface area contributed by atoms with Gasteiger partial charge in [-0.05, 0) is 31.6 Å². The lowest BCUT2D eigenvalue weighted by molar-refractivity contribution is 0.0696. The number of carbonyl (C=O) groups is 1. The van der Waals surface area contributed by atoms with Crippen molar-refractivity contribution in [3.63, 3.8) is 0 Å². The SMILES string of the molecule is O=C(O)c1cncnc1N1CCCC2CCCC21. The molecule has 0 radical (unpaired) electrons. The molecular formula is C13H17N3O2. The summed E-state index contributed by atoms with van der Waals surface area (Å²) in [5.74, 6) is 0.384. The van der Waals surface area contributed by atoms with Crippen molar-refractivity contribution in [1.29, 1.82) is 0 Å². The average Bonchev–Trinajstić information content (AvgIpc) is 2.86. The molecular weight excluding hydrogens is 230 g/mol. The van der Waals surface area contributed by atoms with Crippen molar-refractivity contribution in [2.75, 3.05) is 11.4 Å². The van der Waals surface area contributed by atoms with Crippen LogP contribution in [0.15, 0.2) is 12.5 Å². The maximum absolute atomic E-state index is 11.2. The third kappa shape index (κ3) is 1.83.